The van der Waals surface area contributed by atoms with Gasteiger partial charge in [-0.15, -0.1) is 0 Å². The molecule has 1 saturated carbocycles. The Morgan fingerprint density at radius 1 is 1.00 bits per heavy atom. The topological polar surface area (TPSA) is 52.6 Å². The lowest BCUT2D eigenvalue weighted by atomic mass is 9.64. The van der Waals surface area contributed by atoms with Crippen LogP contribution in [-0.2, 0) is 19.1 Å². The van der Waals surface area contributed by atoms with E-state index in [0.717, 1.165) is 19.3 Å². The van der Waals surface area contributed by atoms with Gasteiger partial charge in [0.05, 0.1) is 13.2 Å². The van der Waals surface area contributed by atoms with Crippen LogP contribution < -0.4 is 0 Å². The van der Waals surface area contributed by atoms with Crippen molar-refractivity contribution in [3.63, 3.8) is 0 Å². The monoisotopic (exact) mass is 284 g/mol. The summed E-state index contributed by atoms with van der Waals surface area (Å²) in [5.74, 6) is 0.277. The summed E-state index contributed by atoms with van der Waals surface area (Å²) in [5.41, 5.74) is -1.17. The van der Waals surface area contributed by atoms with Gasteiger partial charge in [-0.25, -0.2) is 0 Å². The van der Waals surface area contributed by atoms with E-state index in [4.69, 9.17) is 9.47 Å². The van der Waals surface area contributed by atoms with E-state index in [1.54, 1.807) is 20.8 Å². The number of hydrogen-bond acceptors (Lipinski definition) is 4. The highest BCUT2D eigenvalue weighted by Gasteiger charge is 2.52. The zero-order valence-corrected chi connectivity index (χ0v) is 13.4. The quantitative estimate of drug-likeness (QED) is 0.574. The van der Waals surface area contributed by atoms with Crippen LogP contribution in [0.4, 0.5) is 0 Å². The highest BCUT2D eigenvalue weighted by molar-refractivity contribution is 6.00. The van der Waals surface area contributed by atoms with Gasteiger partial charge in [0.15, 0.2) is 5.41 Å². The van der Waals surface area contributed by atoms with Crippen molar-refractivity contribution in [3.05, 3.63) is 0 Å². The minimum Gasteiger partial charge on any atom is -0.465 e. The molecule has 0 N–H and O–H groups in total. The number of esters is 2. The SMILES string of the molecule is CCOC(=O)C(C)(C(=O)OCC)C1CCC(C)C(C)C1. The van der Waals surface area contributed by atoms with Crippen molar-refractivity contribution in [2.45, 2.75) is 53.9 Å². The summed E-state index contributed by atoms with van der Waals surface area (Å²) < 4.78 is 10.3. The summed E-state index contributed by atoms with van der Waals surface area (Å²) >= 11 is 0. The first-order valence-corrected chi connectivity index (χ1v) is 7.72. The Morgan fingerprint density at radius 3 is 1.90 bits per heavy atom. The highest BCUT2D eigenvalue weighted by atomic mass is 16.6. The van der Waals surface area contributed by atoms with Crippen LogP contribution in [0.3, 0.4) is 0 Å². The molecule has 1 aliphatic rings. The Hall–Kier alpha value is -1.06. The molecule has 3 unspecified atom stereocenters. The second kappa shape index (κ2) is 7.09. The molecule has 0 aromatic carbocycles. The fourth-order valence-corrected chi connectivity index (χ4v) is 3.05. The summed E-state index contributed by atoms with van der Waals surface area (Å²) in [4.78, 5) is 24.7. The molecule has 20 heavy (non-hydrogen) atoms. The molecule has 1 aliphatic carbocycles. The lowest BCUT2D eigenvalue weighted by Crippen LogP contribution is -2.47. The fourth-order valence-electron chi connectivity index (χ4n) is 3.05. The molecule has 1 rings (SSSR count). The zero-order chi connectivity index (χ0) is 15.3. The molecule has 0 amide bonds. The van der Waals surface area contributed by atoms with Crippen LogP contribution in [0.15, 0.2) is 0 Å². The van der Waals surface area contributed by atoms with Gasteiger partial charge in [0, 0.05) is 0 Å². The van der Waals surface area contributed by atoms with E-state index >= 15 is 0 Å². The third kappa shape index (κ3) is 3.33. The van der Waals surface area contributed by atoms with Crippen LogP contribution in [0.2, 0.25) is 0 Å². The average molecular weight is 284 g/mol. The maximum Gasteiger partial charge on any atom is 0.323 e. The van der Waals surface area contributed by atoms with Gasteiger partial charge in [-0.05, 0) is 51.4 Å². The molecule has 0 aromatic heterocycles. The molecule has 0 bridgehead atoms. The van der Waals surface area contributed by atoms with Gasteiger partial charge in [-0.3, -0.25) is 9.59 Å². The number of rotatable bonds is 5. The van der Waals surface area contributed by atoms with Crippen molar-refractivity contribution in [1.29, 1.82) is 0 Å². The molecule has 3 atom stereocenters. The van der Waals surface area contributed by atoms with E-state index in [0.29, 0.717) is 11.8 Å². The first-order chi connectivity index (χ1) is 9.37. The van der Waals surface area contributed by atoms with Crippen molar-refractivity contribution >= 4 is 11.9 Å². The molecule has 1 fully saturated rings. The first-order valence-electron chi connectivity index (χ1n) is 7.72. The number of carbonyl (C=O) groups excluding carboxylic acids is 2. The second-order valence-corrected chi connectivity index (χ2v) is 6.11. The molecular weight excluding hydrogens is 256 g/mol. The Balaban J connectivity index is 2.98. The van der Waals surface area contributed by atoms with Gasteiger partial charge in [0.1, 0.15) is 0 Å². The van der Waals surface area contributed by atoms with Crippen molar-refractivity contribution in [2.24, 2.45) is 23.2 Å². The summed E-state index contributed by atoms with van der Waals surface area (Å²) in [6, 6.07) is 0. The largest absolute Gasteiger partial charge is 0.465 e. The smallest absolute Gasteiger partial charge is 0.323 e. The van der Waals surface area contributed by atoms with Gasteiger partial charge < -0.3 is 9.47 Å². The molecule has 4 heteroatoms. The Bertz CT molecular complexity index is 332. The lowest BCUT2D eigenvalue weighted by Gasteiger charge is -2.40. The molecule has 0 spiro atoms. The van der Waals surface area contributed by atoms with E-state index in [1.807, 2.05) is 0 Å². The fraction of sp³-hybridized carbons (Fsp3) is 0.875. The Labute approximate surface area is 122 Å². The predicted octanol–water partition coefficient (Wildman–Crippen LogP) is 3.19. The van der Waals surface area contributed by atoms with E-state index in [1.165, 1.54) is 0 Å². The van der Waals surface area contributed by atoms with E-state index in [-0.39, 0.29) is 19.1 Å². The maximum absolute atomic E-state index is 12.3. The van der Waals surface area contributed by atoms with Crippen LogP contribution in [0.5, 0.6) is 0 Å². The standard InChI is InChI=1S/C16H28O4/c1-6-19-14(17)16(5,15(18)20-7-2)13-9-8-11(3)12(4)10-13/h11-13H,6-10H2,1-5H3. The summed E-state index contributed by atoms with van der Waals surface area (Å²) in [7, 11) is 0. The van der Waals surface area contributed by atoms with E-state index in [2.05, 4.69) is 13.8 Å². The van der Waals surface area contributed by atoms with Crippen molar-refractivity contribution in [3.8, 4) is 0 Å². The van der Waals surface area contributed by atoms with Crippen molar-refractivity contribution < 1.29 is 19.1 Å². The molecule has 0 heterocycles. The van der Waals surface area contributed by atoms with Gasteiger partial charge in [-0.1, -0.05) is 20.3 Å². The predicted molar refractivity (Wildman–Crippen MR) is 77.0 cm³/mol. The van der Waals surface area contributed by atoms with Crippen molar-refractivity contribution in [1.82, 2.24) is 0 Å². The highest BCUT2D eigenvalue weighted by Crippen LogP contribution is 2.44. The Morgan fingerprint density at radius 2 is 1.50 bits per heavy atom. The number of carbonyl (C=O) groups is 2. The summed E-state index contributed by atoms with van der Waals surface area (Å²) in [5, 5.41) is 0. The van der Waals surface area contributed by atoms with E-state index in [9.17, 15) is 9.59 Å². The van der Waals surface area contributed by atoms with Crippen LogP contribution in [0.1, 0.15) is 53.9 Å². The van der Waals surface area contributed by atoms with Gasteiger partial charge in [0.2, 0.25) is 0 Å². The normalized spacial score (nSPS) is 26.9. The first kappa shape index (κ1) is 17.0. The molecule has 0 aromatic rings. The van der Waals surface area contributed by atoms with Crippen LogP contribution >= 0.6 is 0 Å². The lowest BCUT2D eigenvalue weighted by molar-refractivity contribution is -0.177. The molecule has 0 radical (unpaired) electrons. The number of hydrogen-bond donors (Lipinski definition) is 0. The minimum atomic E-state index is -1.17. The zero-order valence-electron chi connectivity index (χ0n) is 13.4. The summed E-state index contributed by atoms with van der Waals surface area (Å²) in [6.45, 7) is 10.2. The van der Waals surface area contributed by atoms with Crippen molar-refractivity contribution in [2.75, 3.05) is 13.2 Å². The molecular formula is C16H28O4. The van der Waals surface area contributed by atoms with Crippen LogP contribution in [0, 0.1) is 23.2 Å². The van der Waals surface area contributed by atoms with Crippen LogP contribution in [0.25, 0.3) is 0 Å². The third-order valence-corrected chi connectivity index (χ3v) is 4.81. The molecule has 0 saturated heterocycles. The Kier molecular flexibility index (Phi) is 6.03. The number of ether oxygens (including phenoxy) is 2. The van der Waals surface area contributed by atoms with Gasteiger partial charge >= 0.3 is 11.9 Å². The molecule has 0 aliphatic heterocycles. The second-order valence-electron chi connectivity index (χ2n) is 6.11. The molecule has 4 nitrogen and oxygen atoms in total. The average Bonchev–Trinajstić information content (AvgIpc) is 2.41. The van der Waals surface area contributed by atoms with E-state index < -0.39 is 17.4 Å². The third-order valence-electron chi connectivity index (χ3n) is 4.81. The maximum atomic E-state index is 12.3. The molecule has 116 valence electrons. The summed E-state index contributed by atoms with van der Waals surface area (Å²) in [6.07, 6.45) is 2.79. The van der Waals surface area contributed by atoms with Crippen LogP contribution in [-0.4, -0.2) is 25.2 Å². The van der Waals surface area contributed by atoms with Gasteiger partial charge in [0.25, 0.3) is 0 Å². The minimum absolute atomic E-state index is 0.00630. The van der Waals surface area contributed by atoms with Gasteiger partial charge in [-0.2, -0.15) is 0 Å².